The van der Waals surface area contributed by atoms with Gasteiger partial charge in [0.1, 0.15) is 11.7 Å². The van der Waals surface area contributed by atoms with E-state index in [1.165, 1.54) is 0 Å². The molecule has 34 heavy (non-hydrogen) atoms. The SMILES string of the molecule is Cc1cccc(-c2sc(C3CC3)nc2C(=O)C(NC(=O)c2cccc(Cl)c2)C2CCCCN2)c1. The topological polar surface area (TPSA) is 71.1 Å². The van der Waals surface area contributed by atoms with Gasteiger partial charge in [-0.25, -0.2) is 4.98 Å². The quantitative estimate of drug-likeness (QED) is 0.410. The van der Waals surface area contributed by atoms with Crippen LogP contribution in [0.25, 0.3) is 10.4 Å². The van der Waals surface area contributed by atoms with Crippen LogP contribution in [0.5, 0.6) is 0 Å². The fourth-order valence-corrected chi connectivity index (χ4v) is 5.93. The Hall–Kier alpha value is -2.54. The van der Waals surface area contributed by atoms with Gasteiger partial charge < -0.3 is 10.6 Å². The number of carbonyl (C=O) groups excluding carboxylic acids is 2. The molecule has 2 atom stereocenters. The van der Waals surface area contributed by atoms with Crippen LogP contribution in [0, 0.1) is 6.92 Å². The Morgan fingerprint density at radius 2 is 1.94 bits per heavy atom. The van der Waals surface area contributed by atoms with Gasteiger partial charge in [0, 0.05) is 22.5 Å². The van der Waals surface area contributed by atoms with Crippen LogP contribution < -0.4 is 10.6 Å². The van der Waals surface area contributed by atoms with E-state index in [1.54, 1.807) is 35.6 Å². The van der Waals surface area contributed by atoms with Gasteiger partial charge in [-0.1, -0.05) is 53.9 Å². The molecule has 1 amide bonds. The highest BCUT2D eigenvalue weighted by atomic mass is 35.5. The molecule has 2 aliphatic rings. The lowest BCUT2D eigenvalue weighted by Crippen LogP contribution is -2.55. The van der Waals surface area contributed by atoms with Crippen LogP contribution in [0.1, 0.15) is 69.4 Å². The molecule has 0 bridgehead atoms. The maximum atomic E-state index is 14.1. The first-order chi connectivity index (χ1) is 16.5. The van der Waals surface area contributed by atoms with Crippen molar-refractivity contribution in [3.05, 3.63) is 75.4 Å². The average molecular weight is 494 g/mol. The zero-order chi connectivity index (χ0) is 23.7. The van der Waals surface area contributed by atoms with Crippen molar-refractivity contribution in [1.29, 1.82) is 0 Å². The Morgan fingerprint density at radius 1 is 1.12 bits per heavy atom. The van der Waals surface area contributed by atoms with Crippen LogP contribution in [0.2, 0.25) is 5.02 Å². The van der Waals surface area contributed by atoms with Crippen LogP contribution in [0.4, 0.5) is 0 Å². The molecule has 1 aliphatic carbocycles. The Kier molecular flexibility index (Phi) is 6.82. The van der Waals surface area contributed by atoms with Crippen LogP contribution in [0.15, 0.2) is 48.5 Å². The number of hydrogen-bond donors (Lipinski definition) is 2. The van der Waals surface area contributed by atoms with Crippen LogP contribution in [-0.4, -0.2) is 35.3 Å². The van der Waals surface area contributed by atoms with Gasteiger partial charge in [0.25, 0.3) is 5.91 Å². The maximum absolute atomic E-state index is 14.1. The lowest BCUT2D eigenvalue weighted by Gasteiger charge is -2.31. The molecule has 2 heterocycles. The van der Waals surface area contributed by atoms with Gasteiger partial charge in [-0.05, 0) is 62.9 Å². The predicted octanol–water partition coefficient (Wildman–Crippen LogP) is 5.77. The molecule has 176 valence electrons. The zero-order valence-corrected chi connectivity index (χ0v) is 20.7. The highest BCUT2D eigenvalue weighted by Gasteiger charge is 2.36. The Balaban J connectivity index is 1.51. The molecule has 1 aromatic heterocycles. The number of nitrogens with one attached hydrogen (secondary N) is 2. The fourth-order valence-electron chi connectivity index (χ4n) is 4.50. The molecule has 5 nitrogen and oxygen atoms in total. The van der Waals surface area contributed by atoms with E-state index in [2.05, 4.69) is 16.7 Å². The first-order valence-electron chi connectivity index (χ1n) is 11.9. The third-order valence-corrected chi connectivity index (χ3v) is 7.99. The second kappa shape index (κ2) is 9.98. The highest BCUT2D eigenvalue weighted by molar-refractivity contribution is 7.15. The van der Waals surface area contributed by atoms with Crippen LogP contribution in [-0.2, 0) is 0 Å². The van der Waals surface area contributed by atoms with Crippen molar-refractivity contribution in [1.82, 2.24) is 15.6 Å². The molecule has 2 aromatic carbocycles. The van der Waals surface area contributed by atoms with Gasteiger partial charge >= 0.3 is 0 Å². The minimum absolute atomic E-state index is 0.130. The van der Waals surface area contributed by atoms with Crippen molar-refractivity contribution in [3.63, 3.8) is 0 Å². The minimum Gasteiger partial charge on any atom is -0.340 e. The summed E-state index contributed by atoms with van der Waals surface area (Å²) >= 11 is 7.72. The number of benzene rings is 2. The number of thiazole rings is 1. The molecule has 2 fully saturated rings. The normalized spacial score (nSPS) is 18.9. The Bertz CT molecular complexity index is 1210. The molecule has 7 heteroatoms. The summed E-state index contributed by atoms with van der Waals surface area (Å²) in [5.41, 5.74) is 3.06. The maximum Gasteiger partial charge on any atom is 0.251 e. The number of piperidine rings is 1. The minimum atomic E-state index is -0.704. The monoisotopic (exact) mass is 493 g/mol. The molecule has 5 rings (SSSR count). The number of halogens is 1. The Morgan fingerprint density at radius 3 is 2.65 bits per heavy atom. The Labute approximate surface area is 208 Å². The number of aryl methyl sites for hydroxylation is 1. The molecule has 0 spiro atoms. The number of nitrogens with zero attached hydrogens (tertiary/aromatic N) is 1. The van der Waals surface area contributed by atoms with E-state index >= 15 is 0 Å². The fraction of sp³-hybridized carbons (Fsp3) is 0.370. The van der Waals surface area contributed by atoms with Crippen molar-refractivity contribution >= 4 is 34.6 Å². The van der Waals surface area contributed by atoms with Crippen molar-refractivity contribution in [2.24, 2.45) is 0 Å². The average Bonchev–Trinajstić information content (AvgIpc) is 3.60. The van der Waals surface area contributed by atoms with E-state index in [9.17, 15) is 9.59 Å². The number of amides is 1. The summed E-state index contributed by atoms with van der Waals surface area (Å²) in [5, 5.41) is 8.00. The number of hydrogen-bond acceptors (Lipinski definition) is 5. The molecule has 1 saturated carbocycles. The van der Waals surface area contributed by atoms with Crippen molar-refractivity contribution in [2.75, 3.05) is 6.54 Å². The van der Waals surface area contributed by atoms with Gasteiger partial charge in [0.15, 0.2) is 0 Å². The smallest absolute Gasteiger partial charge is 0.251 e. The van der Waals surface area contributed by atoms with Crippen molar-refractivity contribution < 1.29 is 9.59 Å². The summed E-state index contributed by atoms with van der Waals surface area (Å²) in [6.45, 7) is 2.88. The predicted molar refractivity (Wildman–Crippen MR) is 137 cm³/mol. The number of carbonyl (C=O) groups is 2. The molecule has 0 radical (unpaired) electrons. The van der Waals surface area contributed by atoms with E-state index in [-0.39, 0.29) is 17.7 Å². The van der Waals surface area contributed by atoms with E-state index in [4.69, 9.17) is 16.6 Å². The summed E-state index contributed by atoms with van der Waals surface area (Å²) in [5.74, 6) is 0.0137. The number of Topliss-reactive ketones (excluding diaryl/α,β-unsaturated/α-hetero) is 1. The van der Waals surface area contributed by atoms with Gasteiger partial charge in [0.05, 0.1) is 9.88 Å². The molecule has 3 aromatic rings. The van der Waals surface area contributed by atoms with Crippen molar-refractivity contribution in [2.45, 2.75) is 57.0 Å². The number of ketones is 1. The van der Waals surface area contributed by atoms with Gasteiger partial charge in [-0.3, -0.25) is 9.59 Å². The van der Waals surface area contributed by atoms with Gasteiger partial charge in [0.2, 0.25) is 5.78 Å². The highest BCUT2D eigenvalue weighted by Crippen LogP contribution is 2.45. The summed E-state index contributed by atoms with van der Waals surface area (Å²) in [7, 11) is 0. The standard InChI is InChI=1S/C27H28ClN3O2S/c1-16-6-4-7-18(14-16)25-23(31-27(34-25)17-11-12-17)24(32)22(21-10-2-3-13-29-21)30-26(33)19-8-5-9-20(28)15-19/h4-9,14-15,17,21-22,29H,2-3,10-13H2,1H3,(H,30,33). The van der Waals surface area contributed by atoms with E-state index < -0.39 is 6.04 Å². The van der Waals surface area contributed by atoms with E-state index in [0.29, 0.717) is 22.2 Å². The molecular weight excluding hydrogens is 466 g/mol. The van der Waals surface area contributed by atoms with Crippen molar-refractivity contribution in [3.8, 4) is 10.4 Å². The molecule has 1 saturated heterocycles. The van der Waals surface area contributed by atoms with Crippen LogP contribution >= 0.6 is 22.9 Å². The number of aromatic nitrogens is 1. The summed E-state index contributed by atoms with van der Waals surface area (Å²) in [6, 6.07) is 14.2. The third-order valence-electron chi connectivity index (χ3n) is 6.49. The van der Waals surface area contributed by atoms with E-state index in [0.717, 1.165) is 59.7 Å². The van der Waals surface area contributed by atoms with Gasteiger partial charge in [-0.15, -0.1) is 11.3 Å². The van der Waals surface area contributed by atoms with Gasteiger partial charge in [-0.2, -0.15) is 0 Å². The lowest BCUT2D eigenvalue weighted by molar-refractivity contribution is 0.0823. The lowest BCUT2D eigenvalue weighted by atomic mass is 9.92. The second-order valence-electron chi connectivity index (χ2n) is 9.26. The van der Waals surface area contributed by atoms with E-state index in [1.807, 2.05) is 25.1 Å². The third kappa shape index (κ3) is 5.09. The largest absolute Gasteiger partial charge is 0.340 e. The van der Waals surface area contributed by atoms with Crippen LogP contribution in [0.3, 0.4) is 0 Å². The molecule has 2 unspecified atom stereocenters. The summed E-state index contributed by atoms with van der Waals surface area (Å²) in [4.78, 5) is 33.0. The summed E-state index contributed by atoms with van der Waals surface area (Å²) < 4.78 is 0. The number of rotatable bonds is 7. The summed E-state index contributed by atoms with van der Waals surface area (Å²) in [6.07, 6.45) is 5.15. The first kappa shape index (κ1) is 23.2. The molecule has 1 aliphatic heterocycles. The molecular formula is C27H28ClN3O2S. The zero-order valence-electron chi connectivity index (χ0n) is 19.1. The second-order valence-corrected chi connectivity index (χ2v) is 10.7. The molecule has 2 N–H and O–H groups in total. The first-order valence-corrected chi connectivity index (χ1v) is 13.1.